The fraction of sp³-hybridized carbons (Fsp3) is 0.524. The van der Waals surface area contributed by atoms with Crippen molar-refractivity contribution in [2.75, 3.05) is 38.7 Å². The molecule has 28 heavy (non-hydrogen) atoms. The summed E-state index contributed by atoms with van der Waals surface area (Å²) in [7, 11) is 3.54. The third-order valence-electron chi connectivity index (χ3n) is 5.26. The predicted octanol–water partition coefficient (Wildman–Crippen LogP) is 2.68. The summed E-state index contributed by atoms with van der Waals surface area (Å²) in [6, 6.07) is 8.54. The molecule has 0 radical (unpaired) electrons. The molecule has 1 aromatic carbocycles. The molecule has 3 rings (SSSR count). The lowest BCUT2D eigenvalue weighted by atomic mass is 10.1. The highest BCUT2D eigenvalue weighted by Crippen LogP contribution is 2.30. The minimum atomic E-state index is 0.360. The molecule has 1 aromatic heterocycles. The average molecular weight is 386 g/mol. The molecule has 152 valence electrons. The van der Waals surface area contributed by atoms with Crippen LogP contribution >= 0.6 is 0 Å². The molecule has 2 aromatic rings. The van der Waals surface area contributed by atoms with E-state index < -0.39 is 0 Å². The van der Waals surface area contributed by atoms with Gasteiger partial charge in [-0.3, -0.25) is 4.99 Å². The lowest BCUT2D eigenvalue weighted by molar-refractivity contribution is 0.392. The van der Waals surface area contributed by atoms with E-state index in [1.807, 2.05) is 33.0 Å². The van der Waals surface area contributed by atoms with Gasteiger partial charge < -0.3 is 24.8 Å². The second-order valence-electron chi connectivity index (χ2n) is 7.15. The summed E-state index contributed by atoms with van der Waals surface area (Å²) >= 11 is 0. The molecule has 2 heterocycles. The standard InChI is InChI=1S/C21H31N5O2/c1-15-18(16(2)28-25-15)8-7-12-23-21(22-3)24-17-11-13-26(14-17)19-9-5-6-10-20(19)27-4/h5-6,9-10,17H,7-8,11-14H2,1-4H3,(H2,22,23,24). The van der Waals surface area contributed by atoms with Gasteiger partial charge in [0.15, 0.2) is 5.96 Å². The molecule has 7 nitrogen and oxygen atoms in total. The predicted molar refractivity (Wildman–Crippen MR) is 112 cm³/mol. The molecule has 0 saturated carbocycles. The van der Waals surface area contributed by atoms with Crippen LogP contribution in [0.3, 0.4) is 0 Å². The van der Waals surface area contributed by atoms with E-state index in [1.165, 1.54) is 5.56 Å². The molecule has 7 heteroatoms. The highest BCUT2D eigenvalue weighted by Gasteiger charge is 2.25. The summed E-state index contributed by atoms with van der Waals surface area (Å²) in [5, 5.41) is 11.0. The number of benzene rings is 1. The molecule has 0 aliphatic carbocycles. The molecule has 1 saturated heterocycles. The average Bonchev–Trinajstić information content (AvgIpc) is 3.31. The smallest absolute Gasteiger partial charge is 0.191 e. The van der Waals surface area contributed by atoms with E-state index in [1.54, 1.807) is 7.11 Å². The Bertz CT molecular complexity index is 782. The molecule has 0 amide bonds. The van der Waals surface area contributed by atoms with E-state index >= 15 is 0 Å². The quantitative estimate of drug-likeness (QED) is 0.434. The number of hydrogen-bond donors (Lipinski definition) is 2. The molecule has 1 aliphatic heterocycles. The van der Waals surface area contributed by atoms with E-state index in [4.69, 9.17) is 9.26 Å². The van der Waals surface area contributed by atoms with Crippen LogP contribution in [0, 0.1) is 13.8 Å². The maximum atomic E-state index is 5.50. The van der Waals surface area contributed by atoms with Crippen LogP contribution in [0.25, 0.3) is 0 Å². The minimum absolute atomic E-state index is 0.360. The Morgan fingerprint density at radius 3 is 2.89 bits per heavy atom. The first-order valence-corrected chi connectivity index (χ1v) is 9.89. The van der Waals surface area contributed by atoms with Crippen LogP contribution in [0.5, 0.6) is 5.75 Å². The van der Waals surface area contributed by atoms with E-state index in [9.17, 15) is 0 Å². The van der Waals surface area contributed by atoms with Crippen molar-refractivity contribution in [3.05, 3.63) is 41.3 Å². The van der Waals surface area contributed by atoms with Gasteiger partial charge in [0.1, 0.15) is 11.5 Å². The first-order valence-electron chi connectivity index (χ1n) is 9.89. The summed E-state index contributed by atoms with van der Waals surface area (Å²) in [6.45, 7) is 6.75. The number of anilines is 1. The van der Waals surface area contributed by atoms with Gasteiger partial charge in [0.25, 0.3) is 0 Å². The zero-order valence-electron chi connectivity index (χ0n) is 17.3. The van der Waals surface area contributed by atoms with Gasteiger partial charge in [-0.2, -0.15) is 0 Å². The van der Waals surface area contributed by atoms with Gasteiger partial charge in [-0.25, -0.2) is 0 Å². The highest BCUT2D eigenvalue weighted by molar-refractivity contribution is 5.80. The second-order valence-corrected chi connectivity index (χ2v) is 7.15. The Morgan fingerprint density at radius 2 is 2.18 bits per heavy atom. The lowest BCUT2D eigenvalue weighted by Crippen LogP contribution is -2.44. The molecule has 1 atom stereocenters. The van der Waals surface area contributed by atoms with Crippen LogP contribution in [0.2, 0.25) is 0 Å². The largest absolute Gasteiger partial charge is 0.495 e. The van der Waals surface area contributed by atoms with Crippen molar-refractivity contribution >= 4 is 11.6 Å². The Labute approximate surface area is 167 Å². The number of hydrogen-bond acceptors (Lipinski definition) is 5. The lowest BCUT2D eigenvalue weighted by Gasteiger charge is -2.22. The van der Waals surface area contributed by atoms with Crippen LogP contribution in [0.4, 0.5) is 5.69 Å². The van der Waals surface area contributed by atoms with Gasteiger partial charge in [-0.15, -0.1) is 0 Å². The summed E-state index contributed by atoms with van der Waals surface area (Å²) in [5.41, 5.74) is 3.35. The van der Waals surface area contributed by atoms with E-state index in [0.717, 1.165) is 67.7 Å². The van der Waals surface area contributed by atoms with E-state index in [-0.39, 0.29) is 0 Å². The molecular weight excluding hydrogens is 354 g/mol. The zero-order valence-corrected chi connectivity index (χ0v) is 17.3. The Morgan fingerprint density at radius 1 is 1.36 bits per heavy atom. The maximum Gasteiger partial charge on any atom is 0.191 e. The third kappa shape index (κ3) is 4.77. The monoisotopic (exact) mass is 385 g/mol. The van der Waals surface area contributed by atoms with Gasteiger partial charge in [0.2, 0.25) is 0 Å². The first-order chi connectivity index (χ1) is 13.6. The van der Waals surface area contributed by atoms with Crippen molar-refractivity contribution in [1.29, 1.82) is 0 Å². The summed E-state index contributed by atoms with van der Waals surface area (Å²) in [4.78, 5) is 6.74. The van der Waals surface area contributed by atoms with Gasteiger partial charge in [0.05, 0.1) is 18.5 Å². The van der Waals surface area contributed by atoms with Gasteiger partial charge >= 0.3 is 0 Å². The molecule has 1 fully saturated rings. The number of rotatable bonds is 7. The van der Waals surface area contributed by atoms with Crippen LogP contribution in [-0.2, 0) is 6.42 Å². The van der Waals surface area contributed by atoms with Crippen molar-refractivity contribution in [3.63, 3.8) is 0 Å². The van der Waals surface area contributed by atoms with Gasteiger partial charge in [0, 0.05) is 38.3 Å². The van der Waals surface area contributed by atoms with Crippen LogP contribution in [-0.4, -0.2) is 50.9 Å². The molecule has 0 bridgehead atoms. The van der Waals surface area contributed by atoms with Crippen molar-refractivity contribution in [2.45, 2.75) is 39.2 Å². The SMILES string of the molecule is CN=C(NCCCc1c(C)noc1C)NC1CCN(c2ccccc2OC)C1. The van der Waals surface area contributed by atoms with Crippen molar-refractivity contribution in [1.82, 2.24) is 15.8 Å². The Balaban J connectivity index is 1.45. The number of aliphatic imine (C=N–C) groups is 1. The van der Waals surface area contributed by atoms with E-state index in [2.05, 4.69) is 37.8 Å². The van der Waals surface area contributed by atoms with Gasteiger partial charge in [-0.1, -0.05) is 17.3 Å². The summed E-state index contributed by atoms with van der Waals surface area (Å²) in [6.07, 6.45) is 3.02. The molecule has 1 aliphatic rings. The first kappa shape index (κ1) is 20.0. The summed E-state index contributed by atoms with van der Waals surface area (Å²) < 4.78 is 10.7. The number of aromatic nitrogens is 1. The third-order valence-corrected chi connectivity index (χ3v) is 5.26. The van der Waals surface area contributed by atoms with Crippen molar-refractivity contribution in [2.24, 2.45) is 4.99 Å². The fourth-order valence-corrected chi connectivity index (χ4v) is 3.71. The van der Waals surface area contributed by atoms with Crippen LogP contribution in [0.1, 0.15) is 29.9 Å². The van der Waals surface area contributed by atoms with Crippen molar-refractivity contribution in [3.8, 4) is 5.75 Å². The number of guanidine groups is 1. The van der Waals surface area contributed by atoms with Crippen LogP contribution in [0.15, 0.2) is 33.8 Å². The number of nitrogens with one attached hydrogen (secondary N) is 2. The van der Waals surface area contributed by atoms with Crippen LogP contribution < -0.4 is 20.3 Å². The minimum Gasteiger partial charge on any atom is -0.495 e. The number of aryl methyl sites for hydroxylation is 2. The number of nitrogens with zero attached hydrogens (tertiary/aromatic N) is 3. The zero-order chi connectivity index (χ0) is 19.9. The molecular formula is C21H31N5O2. The topological polar surface area (TPSA) is 74.9 Å². The molecule has 2 N–H and O–H groups in total. The Hall–Kier alpha value is -2.70. The number of para-hydroxylation sites is 2. The Kier molecular flexibility index (Phi) is 6.79. The highest BCUT2D eigenvalue weighted by atomic mass is 16.5. The number of ether oxygens (including phenoxy) is 1. The van der Waals surface area contributed by atoms with Gasteiger partial charge in [-0.05, 0) is 45.2 Å². The second kappa shape index (κ2) is 9.48. The molecule has 1 unspecified atom stereocenters. The number of methoxy groups -OCH3 is 1. The summed E-state index contributed by atoms with van der Waals surface area (Å²) in [5.74, 6) is 2.69. The maximum absolute atomic E-state index is 5.50. The molecule has 0 spiro atoms. The fourth-order valence-electron chi connectivity index (χ4n) is 3.71. The van der Waals surface area contributed by atoms with E-state index in [0.29, 0.717) is 6.04 Å². The normalized spacial score (nSPS) is 17.1. The van der Waals surface area contributed by atoms with Crippen molar-refractivity contribution < 1.29 is 9.26 Å².